The van der Waals surface area contributed by atoms with Crippen molar-refractivity contribution >= 4 is 5.69 Å². The van der Waals surface area contributed by atoms with Crippen molar-refractivity contribution in [2.45, 2.75) is 19.5 Å². The fourth-order valence-corrected chi connectivity index (χ4v) is 2.12. The van der Waals surface area contributed by atoms with Gasteiger partial charge in [-0.05, 0) is 29.3 Å². The SMILES string of the molecule is N#CCCN(Cc1cccnc1)Cc1cccc(N)c1. The lowest BCUT2D eigenvalue weighted by molar-refractivity contribution is 0.262. The van der Waals surface area contributed by atoms with Gasteiger partial charge in [-0.25, -0.2) is 0 Å². The molecule has 0 amide bonds. The number of hydrogen-bond acceptors (Lipinski definition) is 4. The van der Waals surface area contributed by atoms with Crippen LogP contribution in [0.3, 0.4) is 0 Å². The first kappa shape index (κ1) is 14.0. The number of nitrogens with two attached hydrogens (primary N) is 1. The van der Waals surface area contributed by atoms with Gasteiger partial charge in [-0.2, -0.15) is 5.26 Å². The fourth-order valence-electron chi connectivity index (χ4n) is 2.12. The molecule has 0 atom stereocenters. The topological polar surface area (TPSA) is 65.9 Å². The normalized spacial score (nSPS) is 10.4. The van der Waals surface area contributed by atoms with E-state index in [0.717, 1.165) is 36.4 Å². The number of anilines is 1. The van der Waals surface area contributed by atoms with Gasteiger partial charge in [-0.3, -0.25) is 9.88 Å². The van der Waals surface area contributed by atoms with Crippen LogP contribution in [0.15, 0.2) is 48.8 Å². The molecule has 0 aliphatic rings. The summed E-state index contributed by atoms with van der Waals surface area (Å²) in [6.45, 7) is 2.30. The Morgan fingerprint density at radius 1 is 1.15 bits per heavy atom. The van der Waals surface area contributed by atoms with Crippen molar-refractivity contribution in [2.75, 3.05) is 12.3 Å². The largest absolute Gasteiger partial charge is 0.399 e. The molecule has 0 unspecified atom stereocenters. The number of nitriles is 1. The van der Waals surface area contributed by atoms with Crippen LogP contribution < -0.4 is 5.73 Å². The molecular formula is C16H18N4. The van der Waals surface area contributed by atoms with Gasteiger partial charge in [0, 0.05) is 44.1 Å². The zero-order valence-electron chi connectivity index (χ0n) is 11.4. The van der Waals surface area contributed by atoms with Crippen LogP contribution in [0.4, 0.5) is 5.69 Å². The number of benzene rings is 1. The van der Waals surface area contributed by atoms with Gasteiger partial charge in [0.2, 0.25) is 0 Å². The minimum absolute atomic E-state index is 0.516. The highest BCUT2D eigenvalue weighted by Gasteiger charge is 2.07. The molecule has 0 fully saturated rings. The van der Waals surface area contributed by atoms with Gasteiger partial charge in [-0.15, -0.1) is 0 Å². The van der Waals surface area contributed by atoms with Gasteiger partial charge in [0.15, 0.2) is 0 Å². The molecule has 0 radical (unpaired) electrons. The molecule has 2 rings (SSSR count). The van der Waals surface area contributed by atoms with E-state index in [9.17, 15) is 0 Å². The summed E-state index contributed by atoms with van der Waals surface area (Å²) in [5.74, 6) is 0. The van der Waals surface area contributed by atoms with Crippen LogP contribution in [0.2, 0.25) is 0 Å². The molecule has 1 aromatic heterocycles. The lowest BCUT2D eigenvalue weighted by Crippen LogP contribution is -2.24. The Labute approximate surface area is 119 Å². The smallest absolute Gasteiger partial charge is 0.0635 e. The Balaban J connectivity index is 2.05. The summed E-state index contributed by atoms with van der Waals surface area (Å²) in [7, 11) is 0. The van der Waals surface area contributed by atoms with Gasteiger partial charge >= 0.3 is 0 Å². The molecule has 2 aromatic rings. The lowest BCUT2D eigenvalue weighted by Gasteiger charge is -2.21. The zero-order valence-corrected chi connectivity index (χ0v) is 11.4. The summed E-state index contributed by atoms with van der Waals surface area (Å²) in [5, 5.41) is 8.78. The molecule has 4 nitrogen and oxygen atoms in total. The van der Waals surface area contributed by atoms with Crippen LogP contribution in [0, 0.1) is 11.3 Å². The van der Waals surface area contributed by atoms with E-state index in [-0.39, 0.29) is 0 Å². The molecule has 0 bridgehead atoms. The monoisotopic (exact) mass is 266 g/mol. The standard InChI is InChI=1S/C16H18N4/c17-7-3-9-20(13-15-5-2-8-19-11-15)12-14-4-1-6-16(18)10-14/h1-2,4-6,8,10-11H,3,9,12-13,18H2. The van der Waals surface area contributed by atoms with Crippen LogP contribution >= 0.6 is 0 Å². The fraction of sp³-hybridized carbons (Fsp3) is 0.250. The molecule has 0 aliphatic heterocycles. The molecule has 1 heterocycles. The van der Waals surface area contributed by atoms with Crippen LogP contribution in [0.5, 0.6) is 0 Å². The molecular weight excluding hydrogens is 248 g/mol. The second kappa shape index (κ2) is 7.27. The average molecular weight is 266 g/mol. The molecule has 20 heavy (non-hydrogen) atoms. The molecule has 1 aromatic carbocycles. The number of nitrogen functional groups attached to an aromatic ring is 1. The summed E-state index contributed by atoms with van der Waals surface area (Å²) in [6.07, 6.45) is 4.14. The van der Waals surface area contributed by atoms with Crippen LogP contribution in [0.25, 0.3) is 0 Å². The second-order valence-corrected chi connectivity index (χ2v) is 4.73. The number of hydrogen-bond donors (Lipinski definition) is 1. The number of rotatable bonds is 6. The third kappa shape index (κ3) is 4.38. The predicted octanol–water partition coefficient (Wildman–Crippen LogP) is 2.58. The van der Waals surface area contributed by atoms with Crippen molar-refractivity contribution in [3.63, 3.8) is 0 Å². The zero-order chi connectivity index (χ0) is 14.2. The van der Waals surface area contributed by atoms with Crippen molar-refractivity contribution < 1.29 is 0 Å². The van der Waals surface area contributed by atoms with Crippen molar-refractivity contribution in [2.24, 2.45) is 0 Å². The lowest BCUT2D eigenvalue weighted by atomic mass is 10.1. The van der Waals surface area contributed by atoms with E-state index in [1.54, 1.807) is 6.20 Å². The van der Waals surface area contributed by atoms with E-state index in [2.05, 4.69) is 22.0 Å². The Kier molecular flexibility index (Phi) is 5.10. The third-order valence-electron chi connectivity index (χ3n) is 3.03. The summed E-state index contributed by atoms with van der Waals surface area (Å²) >= 11 is 0. The van der Waals surface area contributed by atoms with Gasteiger partial charge in [0.1, 0.15) is 0 Å². The van der Waals surface area contributed by atoms with E-state index in [0.29, 0.717) is 6.42 Å². The maximum atomic E-state index is 8.78. The van der Waals surface area contributed by atoms with E-state index < -0.39 is 0 Å². The van der Waals surface area contributed by atoms with Gasteiger partial charge in [-0.1, -0.05) is 18.2 Å². The Morgan fingerprint density at radius 3 is 2.65 bits per heavy atom. The first-order valence-corrected chi connectivity index (χ1v) is 6.60. The van der Waals surface area contributed by atoms with Crippen LogP contribution in [-0.4, -0.2) is 16.4 Å². The predicted molar refractivity (Wildman–Crippen MR) is 79.4 cm³/mol. The van der Waals surface area contributed by atoms with Crippen molar-refractivity contribution in [3.8, 4) is 6.07 Å². The Hall–Kier alpha value is -2.38. The van der Waals surface area contributed by atoms with E-state index in [4.69, 9.17) is 11.0 Å². The van der Waals surface area contributed by atoms with E-state index >= 15 is 0 Å². The maximum Gasteiger partial charge on any atom is 0.0635 e. The second-order valence-electron chi connectivity index (χ2n) is 4.73. The summed E-state index contributed by atoms with van der Waals surface area (Å²) < 4.78 is 0. The number of nitrogens with zero attached hydrogens (tertiary/aromatic N) is 3. The number of aromatic nitrogens is 1. The summed E-state index contributed by atoms with van der Waals surface area (Å²) in [5.41, 5.74) is 8.88. The van der Waals surface area contributed by atoms with E-state index in [1.165, 1.54) is 0 Å². The molecule has 0 spiro atoms. The molecule has 2 N–H and O–H groups in total. The minimum atomic E-state index is 0.516. The van der Waals surface area contributed by atoms with Crippen molar-refractivity contribution in [1.29, 1.82) is 5.26 Å². The summed E-state index contributed by atoms with van der Waals surface area (Å²) in [4.78, 5) is 6.36. The highest BCUT2D eigenvalue weighted by atomic mass is 15.1. The molecule has 0 saturated carbocycles. The Bertz CT molecular complexity index is 575. The minimum Gasteiger partial charge on any atom is -0.399 e. The van der Waals surface area contributed by atoms with Gasteiger partial charge in [0.25, 0.3) is 0 Å². The summed E-state index contributed by atoms with van der Waals surface area (Å²) in [6, 6.07) is 14.0. The van der Waals surface area contributed by atoms with Crippen LogP contribution in [0.1, 0.15) is 17.5 Å². The molecule has 102 valence electrons. The van der Waals surface area contributed by atoms with Crippen molar-refractivity contribution in [3.05, 3.63) is 59.9 Å². The highest BCUT2D eigenvalue weighted by molar-refractivity contribution is 5.40. The molecule has 4 heteroatoms. The maximum absolute atomic E-state index is 8.78. The number of pyridine rings is 1. The highest BCUT2D eigenvalue weighted by Crippen LogP contribution is 2.12. The van der Waals surface area contributed by atoms with Gasteiger partial charge in [0.05, 0.1) is 6.07 Å². The third-order valence-corrected chi connectivity index (χ3v) is 3.03. The average Bonchev–Trinajstić information content (AvgIpc) is 2.46. The van der Waals surface area contributed by atoms with E-state index in [1.807, 2.05) is 36.5 Å². The first-order valence-electron chi connectivity index (χ1n) is 6.60. The Morgan fingerprint density at radius 2 is 1.95 bits per heavy atom. The first-order chi connectivity index (χ1) is 9.78. The van der Waals surface area contributed by atoms with Crippen molar-refractivity contribution in [1.82, 2.24) is 9.88 Å². The van der Waals surface area contributed by atoms with Crippen LogP contribution in [-0.2, 0) is 13.1 Å². The molecule has 0 saturated heterocycles. The molecule has 0 aliphatic carbocycles. The quantitative estimate of drug-likeness (QED) is 0.816. The van der Waals surface area contributed by atoms with Gasteiger partial charge < -0.3 is 5.73 Å².